The van der Waals surface area contributed by atoms with Gasteiger partial charge in [-0.1, -0.05) is 29.3 Å². The Morgan fingerprint density at radius 1 is 1.08 bits per heavy atom. The van der Waals surface area contributed by atoms with Crippen LogP contribution in [0, 0.1) is 5.82 Å². The standard InChI is InChI=1S/C15H10Cl2F4N2O/c16-8-4-5-11(9(6-8)15(19,20)21)23-13(24)7-22-12-3-1-2-10(17)14(12)18/h1-6,22H,7H2,(H,23,24). The fraction of sp³-hybridized carbons (Fsp3) is 0.133. The lowest BCUT2D eigenvalue weighted by Gasteiger charge is -2.14. The van der Waals surface area contributed by atoms with Crippen LogP contribution in [0.5, 0.6) is 0 Å². The van der Waals surface area contributed by atoms with Gasteiger partial charge in [-0.3, -0.25) is 4.79 Å². The van der Waals surface area contributed by atoms with Gasteiger partial charge >= 0.3 is 6.18 Å². The molecule has 0 radical (unpaired) electrons. The Kier molecular flexibility index (Phi) is 5.56. The molecule has 2 aromatic carbocycles. The van der Waals surface area contributed by atoms with Crippen molar-refractivity contribution in [2.75, 3.05) is 17.2 Å². The predicted molar refractivity (Wildman–Crippen MR) is 85.0 cm³/mol. The van der Waals surface area contributed by atoms with Crippen molar-refractivity contribution in [2.24, 2.45) is 0 Å². The lowest BCUT2D eigenvalue weighted by atomic mass is 10.1. The van der Waals surface area contributed by atoms with Crippen molar-refractivity contribution < 1.29 is 22.4 Å². The molecule has 9 heteroatoms. The summed E-state index contributed by atoms with van der Waals surface area (Å²) in [6.45, 7) is -0.447. The summed E-state index contributed by atoms with van der Waals surface area (Å²) in [5.74, 6) is -1.54. The Balaban J connectivity index is 2.09. The number of hydrogen-bond acceptors (Lipinski definition) is 2. The third kappa shape index (κ3) is 4.52. The van der Waals surface area contributed by atoms with Crippen LogP contribution in [0.1, 0.15) is 5.56 Å². The van der Waals surface area contributed by atoms with Gasteiger partial charge in [0.15, 0.2) is 5.82 Å². The summed E-state index contributed by atoms with van der Waals surface area (Å²) < 4.78 is 52.5. The summed E-state index contributed by atoms with van der Waals surface area (Å²) in [5.41, 5.74) is -1.55. The molecule has 2 aromatic rings. The van der Waals surface area contributed by atoms with Gasteiger partial charge in [0.1, 0.15) is 0 Å². The van der Waals surface area contributed by atoms with E-state index in [1.165, 1.54) is 24.3 Å². The molecule has 0 aliphatic carbocycles. The first kappa shape index (κ1) is 18.4. The van der Waals surface area contributed by atoms with Crippen LogP contribution in [-0.4, -0.2) is 12.5 Å². The minimum Gasteiger partial charge on any atom is -0.374 e. The zero-order chi connectivity index (χ0) is 17.9. The Bertz CT molecular complexity index is 766. The van der Waals surface area contributed by atoms with Crippen molar-refractivity contribution >= 4 is 40.5 Å². The lowest BCUT2D eigenvalue weighted by Crippen LogP contribution is -2.24. The number of nitrogens with one attached hydrogen (secondary N) is 2. The van der Waals surface area contributed by atoms with Crippen LogP contribution in [0.4, 0.5) is 28.9 Å². The maximum absolute atomic E-state index is 13.7. The number of alkyl halides is 3. The van der Waals surface area contributed by atoms with Crippen LogP contribution in [0.15, 0.2) is 36.4 Å². The predicted octanol–water partition coefficient (Wildman–Crippen LogP) is 5.20. The van der Waals surface area contributed by atoms with Gasteiger partial charge in [0, 0.05) is 5.02 Å². The van der Waals surface area contributed by atoms with Crippen molar-refractivity contribution in [1.29, 1.82) is 0 Å². The largest absolute Gasteiger partial charge is 0.418 e. The van der Waals surface area contributed by atoms with E-state index in [2.05, 4.69) is 10.6 Å². The molecule has 24 heavy (non-hydrogen) atoms. The van der Waals surface area contributed by atoms with Crippen molar-refractivity contribution in [3.63, 3.8) is 0 Å². The van der Waals surface area contributed by atoms with E-state index in [9.17, 15) is 22.4 Å². The number of amides is 1. The molecule has 0 bridgehead atoms. The number of hydrogen-bond donors (Lipinski definition) is 2. The van der Waals surface area contributed by atoms with Crippen molar-refractivity contribution in [1.82, 2.24) is 0 Å². The Morgan fingerprint density at radius 3 is 2.46 bits per heavy atom. The average Bonchev–Trinajstić information content (AvgIpc) is 2.49. The highest BCUT2D eigenvalue weighted by molar-refractivity contribution is 6.31. The summed E-state index contributed by atoms with van der Waals surface area (Å²) in [4.78, 5) is 11.8. The van der Waals surface area contributed by atoms with Crippen LogP contribution in [0.25, 0.3) is 0 Å². The smallest absolute Gasteiger partial charge is 0.374 e. The van der Waals surface area contributed by atoms with Crippen LogP contribution < -0.4 is 10.6 Å². The van der Waals surface area contributed by atoms with Gasteiger partial charge in [0.25, 0.3) is 0 Å². The van der Waals surface area contributed by atoms with Crippen molar-refractivity contribution in [3.05, 3.63) is 57.8 Å². The molecule has 0 fully saturated rings. The average molecular weight is 381 g/mol. The molecule has 0 saturated heterocycles. The van der Waals surface area contributed by atoms with E-state index in [0.29, 0.717) is 6.07 Å². The topological polar surface area (TPSA) is 41.1 Å². The normalized spacial score (nSPS) is 11.2. The summed E-state index contributed by atoms with van der Waals surface area (Å²) in [6, 6.07) is 7.11. The molecule has 0 aliphatic heterocycles. The molecule has 128 valence electrons. The molecule has 2 rings (SSSR count). The van der Waals surface area contributed by atoms with Crippen LogP contribution in [0.2, 0.25) is 10.0 Å². The van der Waals surface area contributed by atoms with E-state index in [1.54, 1.807) is 0 Å². The molecule has 3 nitrogen and oxygen atoms in total. The SMILES string of the molecule is O=C(CNc1cccc(Cl)c1F)Nc1ccc(Cl)cc1C(F)(F)F. The first-order valence-electron chi connectivity index (χ1n) is 6.53. The van der Waals surface area contributed by atoms with Gasteiger partial charge in [-0.05, 0) is 30.3 Å². The zero-order valence-corrected chi connectivity index (χ0v) is 13.4. The number of rotatable bonds is 4. The van der Waals surface area contributed by atoms with Crippen LogP contribution >= 0.6 is 23.2 Å². The Labute approximate surface area is 144 Å². The van der Waals surface area contributed by atoms with Crippen molar-refractivity contribution in [2.45, 2.75) is 6.18 Å². The lowest BCUT2D eigenvalue weighted by molar-refractivity contribution is -0.137. The fourth-order valence-corrected chi connectivity index (χ4v) is 2.22. The quantitative estimate of drug-likeness (QED) is 0.715. The van der Waals surface area contributed by atoms with Crippen LogP contribution in [-0.2, 0) is 11.0 Å². The van der Waals surface area contributed by atoms with Gasteiger partial charge in [0.2, 0.25) is 5.91 Å². The minimum absolute atomic E-state index is 0.0372. The van der Waals surface area contributed by atoms with Crippen LogP contribution in [0.3, 0.4) is 0 Å². The minimum atomic E-state index is -4.68. The van der Waals surface area contributed by atoms with E-state index in [-0.39, 0.29) is 15.7 Å². The molecular formula is C15H10Cl2F4N2O. The molecule has 2 N–H and O–H groups in total. The highest BCUT2D eigenvalue weighted by Crippen LogP contribution is 2.36. The Morgan fingerprint density at radius 2 is 1.79 bits per heavy atom. The molecule has 0 unspecified atom stereocenters. The first-order chi connectivity index (χ1) is 11.2. The second-order valence-electron chi connectivity index (χ2n) is 4.69. The molecule has 0 heterocycles. The first-order valence-corrected chi connectivity index (χ1v) is 7.28. The number of carbonyl (C=O) groups is 1. The molecule has 0 aliphatic rings. The van der Waals surface area contributed by atoms with Gasteiger partial charge in [-0.2, -0.15) is 13.2 Å². The fourth-order valence-electron chi connectivity index (χ4n) is 1.87. The maximum atomic E-state index is 13.7. The van der Waals surface area contributed by atoms with E-state index < -0.39 is 35.7 Å². The third-order valence-electron chi connectivity index (χ3n) is 2.95. The van der Waals surface area contributed by atoms with E-state index in [0.717, 1.165) is 6.07 Å². The third-order valence-corrected chi connectivity index (χ3v) is 3.48. The molecule has 0 atom stereocenters. The van der Waals surface area contributed by atoms with Gasteiger partial charge < -0.3 is 10.6 Å². The van der Waals surface area contributed by atoms with Gasteiger partial charge in [-0.25, -0.2) is 4.39 Å². The maximum Gasteiger partial charge on any atom is 0.418 e. The zero-order valence-electron chi connectivity index (χ0n) is 11.8. The van der Waals surface area contributed by atoms with Gasteiger partial charge in [-0.15, -0.1) is 0 Å². The van der Waals surface area contributed by atoms with E-state index >= 15 is 0 Å². The number of anilines is 2. The number of benzene rings is 2. The summed E-state index contributed by atoms with van der Waals surface area (Å²) in [5, 5.41) is 4.32. The molecule has 0 aromatic heterocycles. The number of halogens is 6. The second kappa shape index (κ2) is 7.27. The highest BCUT2D eigenvalue weighted by atomic mass is 35.5. The summed E-state index contributed by atoms with van der Waals surface area (Å²) >= 11 is 11.1. The molecule has 0 spiro atoms. The second-order valence-corrected chi connectivity index (χ2v) is 5.53. The van der Waals surface area contributed by atoms with E-state index in [4.69, 9.17) is 23.2 Å². The monoisotopic (exact) mass is 380 g/mol. The molecular weight excluding hydrogens is 371 g/mol. The molecule has 1 amide bonds. The summed E-state index contributed by atoms with van der Waals surface area (Å²) in [7, 11) is 0. The van der Waals surface area contributed by atoms with E-state index in [1.807, 2.05) is 0 Å². The molecule has 0 saturated carbocycles. The number of carbonyl (C=O) groups excluding carboxylic acids is 1. The van der Waals surface area contributed by atoms with Gasteiger partial charge in [0.05, 0.1) is 28.5 Å². The Hall–Kier alpha value is -1.99. The van der Waals surface area contributed by atoms with Crippen molar-refractivity contribution in [3.8, 4) is 0 Å². The summed E-state index contributed by atoms with van der Waals surface area (Å²) in [6.07, 6.45) is -4.68. The highest BCUT2D eigenvalue weighted by Gasteiger charge is 2.34.